The van der Waals surface area contributed by atoms with Crippen LogP contribution in [0.25, 0.3) is 0 Å². The lowest BCUT2D eigenvalue weighted by molar-refractivity contribution is -0.262. The summed E-state index contributed by atoms with van der Waals surface area (Å²) in [4.78, 5) is 198. The third-order valence-corrected chi connectivity index (χ3v) is 26.8. The number of hydrogen-bond acceptors (Lipinski definition) is 33. The fraction of sp³-hybridized carbons (Fsp3) is 0.689. The molecule has 0 aromatic heterocycles. The van der Waals surface area contributed by atoms with Gasteiger partial charge in [-0.2, -0.15) is 0 Å². The molecule has 3 aromatic rings. The van der Waals surface area contributed by atoms with Crippen molar-refractivity contribution in [3.8, 4) is 11.5 Å². The predicted octanol–water partition coefficient (Wildman–Crippen LogP) is 11.4. The Bertz CT molecular complexity index is 4620. The second-order valence-electron chi connectivity index (χ2n) is 37.9. The molecule has 6 rings (SSSR count). The number of nitrogens with zero attached hydrogens (tertiary/aromatic N) is 2. The number of ether oxygens (including phenoxy) is 16. The number of amides is 8. The molecule has 3 fully saturated rings. The van der Waals surface area contributed by atoms with E-state index in [0.717, 1.165) is 96.3 Å². The SMILES string of the molecule is COc1ccc(C(OCC(OC(=O)CCC(=O)N[S-](=P)=S)C(=O)N(CCCNC(=O)CCCCCCCCCO[C@@H]2OC(COC(C)=O)[C@H](OC(C)=O)[C@H](C)C2NC(C)=O)CCCN(CCCNC(=O)CCCCCCCCCO[C@@H]2OC(COC(C)=O)[C@H](OC(C)=O)[C@H](C)C2NC(C)=O)C(=O)CCCCCCCCCO[C@@H]2OC(COC(C)=O)[C@H](OC(C)=O)[C@H](C)C2NC(C)=O)(c2ccccc2)c2ccc(OC)cc2)cc1. The van der Waals surface area contributed by atoms with Gasteiger partial charge in [0.2, 0.25) is 47.5 Å². The molecular weight excluding hydrogens is 1980 g/mol. The molecule has 39 nitrogen and oxygen atoms in total. The first-order valence-corrected chi connectivity index (χ1v) is 55.5. The summed E-state index contributed by atoms with van der Waals surface area (Å²) in [7, 11) is 5.22. The second-order valence-corrected chi connectivity index (χ2v) is 41.7. The van der Waals surface area contributed by atoms with Crippen LogP contribution in [0.4, 0.5) is 0 Å². The van der Waals surface area contributed by atoms with E-state index in [4.69, 9.17) is 87.0 Å². The first kappa shape index (κ1) is 127. The summed E-state index contributed by atoms with van der Waals surface area (Å²) in [5, 5.41) is 14.7. The number of unbranched alkanes of at least 4 members (excludes halogenated alkanes) is 18. The highest BCUT2D eigenvalue weighted by Crippen LogP contribution is 2.43. The molecule has 0 bridgehead atoms. The van der Waals surface area contributed by atoms with Crippen LogP contribution in [-0.4, -0.2) is 278 Å². The monoisotopic (exact) mass is 2140 g/mol. The Kier molecular flexibility index (Phi) is 60.0. The van der Waals surface area contributed by atoms with Crippen LogP contribution in [0, 0.1) is 17.8 Å². The third kappa shape index (κ3) is 47.2. The van der Waals surface area contributed by atoms with E-state index in [9.17, 15) is 67.1 Å². The molecule has 0 radical (unpaired) electrons. The van der Waals surface area contributed by atoms with E-state index in [1.54, 1.807) is 62.1 Å². The topological polar surface area (TPSA) is 482 Å². The zero-order chi connectivity index (χ0) is 108. The van der Waals surface area contributed by atoms with E-state index in [-0.39, 0.29) is 133 Å². The maximum absolute atomic E-state index is 16.0. The lowest BCUT2D eigenvalue weighted by atomic mass is 9.80. The molecular formula is C106H162N8O31PS2-. The van der Waals surface area contributed by atoms with E-state index in [0.29, 0.717) is 92.8 Å². The Morgan fingerprint density at radius 3 is 1.07 bits per heavy atom. The highest BCUT2D eigenvalue weighted by molar-refractivity contribution is 8.38. The van der Waals surface area contributed by atoms with E-state index in [1.807, 2.05) is 61.5 Å². The number of benzene rings is 3. The number of methoxy groups -OCH3 is 2. The predicted molar refractivity (Wildman–Crippen MR) is 553 cm³/mol. The van der Waals surface area contributed by atoms with Crippen molar-refractivity contribution >= 4 is 117 Å². The summed E-state index contributed by atoms with van der Waals surface area (Å²) < 4.78 is 97.0. The molecule has 42 heteroatoms. The number of nitrogens with one attached hydrogen (secondary N) is 6. The average molecular weight is 2140 g/mol. The maximum atomic E-state index is 16.0. The Morgan fingerprint density at radius 1 is 0.392 bits per heavy atom. The lowest BCUT2D eigenvalue weighted by Gasteiger charge is -2.44. The average Bonchev–Trinajstić information content (AvgIpc) is 0.748. The van der Waals surface area contributed by atoms with Crippen molar-refractivity contribution in [2.45, 2.75) is 355 Å². The van der Waals surface area contributed by atoms with Crippen LogP contribution in [-0.2, 0) is 164 Å². The number of carbonyl (C=O) groups is 15. The van der Waals surface area contributed by atoms with E-state index in [2.05, 4.69) is 39.3 Å². The Hall–Kier alpha value is -10.1. The van der Waals surface area contributed by atoms with Gasteiger partial charge in [-0.15, -0.1) is 0 Å². The normalized spacial score (nSPS) is 20.7. The molecule has 148 heavy (non-hydrogen) atoms. The summed E-state index contributed by atoms with van der Waals surface area (Å²) in [6.45, 7) is 17.8. The fourth-order valence-corrected chi connectivity index (χ4v) is 19.3. The van der Waals surface area contributed by atoms with Gasteiger partial charge < -0.3 is 117 Å². The van der Waals surface area contributed by atoms with Crippen molar-refractivity contribution < 1.29 is 148 Å². The van der Waals surface area contributed by atoms with Gasteiger partial charge in [0.05, 0.1) is 45.4 Å². The Morgan fingerprint density at radius 2 is 0.723 bits per heavy atom. The van der Waals surface area contributed by atoms with Crippen LogP contribution in [0.2, 0.25) is 0 Å². The van der Waals surface area contributed by atoms with Crippen LogP contribution in [0.5, 0.6) is 11.5 Å². The van der Waals surface area contributed by atoms with Crippen molar-refractivity contribution in [2.75, 3.05) is 99.7 Å². The minimum atomic E-state index is -1.66. The van der Waals surface area contributed by atoms with E-state index >= 15 is 4.79 Å². The highest BCUT2D eigenvalue weighted by Gasteiger charge is 2.51. The molecule has 8 amide bonds. The zero-order valence-corrected chi connectivity index (χ0v) is 91.4. The van der Waals surface area contributed by atoms with E-state index < -0.39 is 179 Å². The minimum absolute atomic E-state index is 0.0190. The van der Waals surface area contributed by atoms with Gasteiger partial charge in [0.15, 0.2) is 18.9 Å². The van der Waals surface area contributed by atoms with Crippen molar-refractivity contribution in [3.63, 3.8) is 0 Å². The molecule has 3 aromatic carbocycles. The first-order chi connectivity index (χ1) is 70.8. The third-order valence-electron chi connectivity index (χ3n) is 25.8. The first-order valence-electron chi connectivity index (χ1n) is 52.1. The summed E-state index contributed by atoms with van der Waals surface area (Å²) in [6.07, 6.45) is 7.90. The standard InChI is InChI=1S/C106H162N8O31PS2/c1-70-96(109-73(4)115)103(143-87(66-135-76(7)118)99(70)139-79(10)121)132-63-36-27-21-15-18-24-33-44-91(124)107-57-39-59-113(94(127)46-35-26-20-17-23-29-38-65-134-105-98(111-75(6)117)72(3)101(141-81(12)123)89(145-105)68-137-78(9)120)61-41-62-114(60-40-58-108-92(125)45-34-25-19-16-22-28-37-64-133-104-97(110-74(5)116)71(2)100(140-80(11)122)88(144-104)67-136-77(8)119)102(129)90(142-95(128)56-55-93(126)112-148(146)147)69-138-106(82-42-31-30-32-43-82,83-47-51-85(130-13)52-48-83)84-49-53-86(131-14)54-50-84/h30-32,42-43,47-54,70-72,87-90,96-101,103-105,146H,15-29,33-41,44-46,55-69H2,1-14H3,(H,107,124)(H,108,125)(H,109,115)(H,110,116)(H,111,117)(H,112,126,147)/q-1/t70-,71-,72-,87?,88?,89?,90?,96?,97?,98?,99-,100-,101-,103-,104-,105-/m1/s1. The molecule has 7 unspecified atom stereocenters. The highest BCUT2D eigenvalue weighted by atomic mass is 32.9. The Labute approximate surface area is 880 Å². The van der Waals surface area contributed by atoms with Gasteiger partial charge >= 0.3 is 41.8 Å². The Balaban J connectivity index is 1.16. The van der Waals surface area contributed by atoms with Crippen molar-refractivity contribution in [1.29, 1.82) is 0 Å². The number of rotatable bonds is 71. The summed E-state index contributed by atoms with van der Waals surface area (Å²) in [6, 6.07) is 21.9. The lowest BCUT2D eigenvalue weighted by Crippen LogP contribution is -2.62. The summed E-state index contributed by atoms with van der Waals surface area (Å²) >= 11 is 5.17. The van der Waals surface area contributed by atoms with Gasteiger partial charge in [-0.3, -0.25) is 88.8 Å². The maximum Gasteiger partial charge on any atom is 0.307 e. The smallest absolute Gasteiger partial charge is 0.307 e. The number of hydrogen-bond donors (Lipinski definition) is 6. The van der Waals surface area contributed by atoms with E-state index in [1.165, 1.54) is 62.3 Å². The molecule has 6 N–H and O–H groups in total. The zero-order valence-electron chi connectivity index (χ0n) is 88.8. The molecule has 3 aliphatic heterocycles. The molecule has 0 saturated carbocycles. The molecule has 830 valence electrons. The van der Waals surface area contributed by atoms with Crippen molar-refractivity contribution in [1.82, 2.24) is 41.1 Å². The quantitative estimate of drug-likeness (QED) is 0.00763. The largest absolute Gasteiger partial charge is 0.497 e. The van der Waals surface area contributed by atoms with Gasteiger partial charge in [0.1, 0.15) is 73.5 Å². The van der Waals surface area contributed by atoms with Crippen molar-refractivity contribution in [3.05, 3.63) is 95.6 Å². The van der Waals surface area contributed by atoms with Crippen LogP contribution >= 0.6 is 8.02 Å². The number of carbonyl (C=O) groups excluding carboxylic acids is 15. The molecule has 3 heterocycles. The second kappa shape index (κ2) is 70.1. The molecule has 3 aliphatic rings. The summed E-state index contributed by atoms with van der Waals surface area (Å²) in [5.74, 6) is -7.05. The van der Waals surface area contributed by atoms with Gasteiger partial charge in [0.25, 0.3) is 5.91 Å². The van der Waals surface area contributed by atoms with Gasteiger partial charge in [0, 0.05) is 165 Å². The molecule has 0 aliphatic carbocycles. The van der Waals surface area contributed by atoms with Gasteiger partial charge in [-0.25, -0.2) is 11.2 Å². The summed E-state index contributed by atoms with van der Waals surface area (Å²) in [5.41, 5.74) is 0.361. The van der Waals surface area contributed by atoms with Crippen LogP contribution in [0.3, 0.4) is 0 Å². The van der Waals surface area contributed by atoms with Crippen LogP contribution in [0.15, 0.2) is 78.9 Å². The van der Waals surface area contributed by atoms with Gasteiger partial charge in [-0.1, -0.05) is 172 Å². The minimum Gasteiger partial charge on any atom is -0.497 e. The van der Waals surface area contributed by atoms with Crippen LogP contribution < -0.4 is 40.8 Å². The molecule has 16 atom stereocenters. The van der Waals surface area contributed by atoms with Gasteiger partial charge in [-0.05, 0) is 98.7 Å². The molecule has 3 saturated heterocycles. The fourth-order valence-electron chi connectivity index (χ4n) is 18.3. The van der Waals surface area contributed by atoms with Crippen LogP contribution in [0.1, 0.15) is 286 Å². The van der Waals surface area contributed by atoms with Crippen molar-refractivity contribution in [2.24, 2.45) is 17.8 Å². The molecule has 0 spiro atoms. The number of esters is 7.